The smallest absolute Gasteiger partial charge is 0.251 e. The number of ether oxygens (including phenoxy) is 2. The molecule has 2 aromatic rings. The first-order valence-electron chi connectivity index (χ1n) is 11.3. The highest BCUT2D eigenvalue weighted by atomic mass is 32.2. The summed E-state index contributed by atoms with van der Waals surface area (Å²) in [6.07, 6.45) is 5.63. The highest BCUT2D eigenvalue weighted by molar-refractivity contribution is 7.92. The third-order valence-electron chi connectivity index (χ3n) is 5.69. The molecular weight excluding hydrogens is 440 g/mol. The molecule has 0 aliphatic carbocycles. The molecule has 0 fully saturated rings. The van der Waals surface area contributed by atoms with Crippen LogP contribution in [0.25, 0.3) is 0 Å². The van der Waals surface area contributed by atoms with Crippen LogP contribution in [0.4, 0.5) is 5.69 Å². The molecule has 0 saturated carbocycles. The second-order valence-electron chi connectivity index (χ2n) is 8.13. The maximum atomic E-state index is 12.5. The number of nitrogens with one attached hydrogen (secondary N) is 1. The summed E-state index contributed by atoms with van der Waals surface area (Å²) in [5.41, 5.74) is 1.79. The number of hydrogen-bond acceptors (Lipinski definition) is 5. The van der Waals surface area contributed by atoms with E-state index in [0.717, 1.165) is 31.1 Å². The van der Waals surface area contributed by atoms with Gasteiger partial charge in [-0.05, 0) is 42.2 Å². The first-order valence-corrected chi connectivity index (χ1v) is 13.1. The van der Waals surface area contributed by atoms with Gasteiger partial charge in [-0.2, -0.15) is 0 Å². The van der Waals surface area contributed by atoms with Crippen molar-refractivity contribution in [1.29, 1.82) is 0 Å². The lowest BCUT2D eigenvalue weighted by Crippen LogP contribution is -2.30. The van der Waals surface area contributed by atoms with E-state index in [-0.39, 0.29) is 12.5 Å². The summed E-state index contributed by atoms with van der Waals surface area (Å²) in [5, 5.41) is 3.02. The minimum Gasteiger partial charge on any atom is -0.493 e. The van der Waals surface area contributed by atoms with Crippen LogP contribution in [0.15, 0.2) is 42.5 Å². The van der Waals surface area contributed by atoms with E-state index in [1.54, 1.807) is 42.5 Å². The molecule has 1 unspecified atom stereocenters. The zero-order chi connectivity index (χ0) is 24.4. The molecule has 0 bridgehead atoms. The largest absolute Gasteiger partial charge is 0.493 e. The molecule has 1 N–H and O–H groups in total. The van der Waals surface area contributed by atoms with Crippen LogP contribution in [0.2, 0.25) is 0 Å². The Balaban J connectivity index is 2.13. The van der Waals surface area contributed by atoms with Gasteiger partial charge < -0.3 is 14.8 Å². The SMILES string of the molecule is CCCCC(CC)CNC(=O)c1ccc(CN(c2ccc(OC)c(OC)c2)S(C)(=O)=O)cc1. The number of nitrogens with zero attached hydrogens (tertiary/aromatic N) is 1. The zero-order valence-corrected chi connectivity index (χ0v) is 21.1. The van der Waals surface area contributed by atoms with E-state index in [1.165, 1.54) is 24.9 Å². The third-order valence-corrected chi connectivity index (χ3v) is 6.83. The van der Waals surface area contributed by atoms with Crippen LogP contribution < -0.4 is 19.1 Å². The first kappa shape index (κ1) is 26.5. The standard InChI is InChI=1S/C25H36N2O5S/c1-6-8-9-19(7-2)17-26-25(28)21-12-10-20(11-13-21)18-27(33(5,29)30)22-14-15-23(31-3)24(16-22)32-4/h10-16,19H,6-9,17-18H2,1-5H3,(H,26,28). The van der Waals surface area contributed by atoms with E-state index in [1.807, 2.05) is 0 Å². The van der Waals surface area contributed by atoms with Gasteiger partial charge in [0.1, 0.15) is 0 Å². The Morgan fingerprint density at radius 3 is 2.24 bits per heavy atom. The summed E-state index contributed by atoms with van der Waals surface area (Å²) in [6, 6.07) is 12.0. The average Bonchev–Trinajstić information content (AvgIpc) is 2.81. The lowest BCUT2D eigenvalue weighted by atomic mass is 9.99. The Hall–Kier alpha value is -2.74. The maximum absolute atomic E-state index is 12.5. The molecule has 0 heterocycles. The number of unbranched alkanes of at least 4 members (excludes halogenated alkanes) is 1. The highest BCUT2D eigenvalue weighted by Gasteiger charge is 2.20. The molecule has 7 nitrogen and oxygen atoms in total. The molecule has 0 saturated heterocycles. The molecule has 8 heteroatoms. The van der Waals surface area contributed by atoms with Gasteiger partial charge in [0.15, 0.2) is 11.5 Å². The van der Waals surface area contributed by atoms with E-state index in [2.05, 4.69) is 19.2 Å². The number of carbonyl (C=O) groups is 1. The Kier molecular flexibility index (Phi) is 10.0. The van der Waals surface area contributed by atoms with Gasteiger partial charge in [0.25, 0.3) is 5.91 Å². The van der Waals surface area contributed by atoms with Gasteiger partial charge >= 0.3 is 0 Å². The van der Waals surface area contributed by atoms with Crippen molar-refractivity contribution in [3.8, 4) is 11.5 Å². The number of benzene rings is 2. The number of carbonyl (C=O) groups excluding carboxylic acids is 1. The Labute approximate surface area is 198 Å². The second-order valence-corrected chi connectivity index (χ2v) is 10.0. The topological polar surface area (TPSA) is 84.9 Å². The molecule has 0 spiro atoms. The number of rotatable bonds is 13. The van der Waals surface area contributed by atoms with Crippen LogP contribution in [0.3, 0.4) is 0 Å². The van der Waals surface area contributed by atoms with Crippen molar-refractivity contribution in [2.24, 2.45) is 5.92 Å². The number of anilines is 1. The van der Waals surface area contributed by atoms with Gasteiger partial charge in [-0.25, -0.2) is 8.42 Å². The summed E-state index contributed by atoms with van der Waals surface area (Å²) >= 11 is 0. The fourth-order valence-corrected chi connectivity index (χ4v) is 4.47. The van der Waals surface area contributed by atoms with Gasteiger partial charge in [0.2, 0.25) is 10.0 Å². The predicted molar refractivity (Wildman–Crippen MR) is 133 cm³/mol. The van der Waals surface area contributed by atoms with Crippen LogP contribution in [-0.4, -0.2) is 41.3 Å². The summed E-state index contributed by atoms with van der Waals surface area (Å²) in [6.45, 7) is 5.11. The van der Waals surface area contributed by atoms with Crippen LogP contribution >= 0.6 is 0 Å². The molecule has 1 atom stereocenters. The second kappa shape index (κ2) is 12.5. The van der Waals surface area contributed by atoms with E-state index in [4.69, 9.17) is 9.47 Å². The lowest BCUT2D eigenvalue weighted by molar-refractivity contribution is 0.0946. The quantitative estimate of drug-likeness (QED) is 0.456. The zero-order valence-electron chi connectivity index (χ0n) is 20.3. The summed E-state index contributed by atoms with van der Waals surface area (Å²) < 4.78 is 36.9. The van der Waals surface area contributed by atoms with Crippen molar-refractivity contribution in [2.45, 2.75) is 46.1 Å². The minimum atomic E-state index is -3.56. The molecule has 0 aromatic heterocycles. The molecule has 0 radical (unpaired) electrons. The molecule has 0 aliphatic rings. The van der Waals surface area contributed by atoms with Crippen molar-refractivity contribution < 1.29 is 22.7 Å². The van der Waals surface area contributed by atoms with Crippen LogP contribution in [0.1, 0.15) is 55.5 Å². The van der Waals surface area contributed by atoms with E-state index in [0.29, 0.717) is 35.2 Å². The van der Waals surface area contributed by atoms with Crippen LogP contribution in [0.5, 0.6) is 11.5 Å². The molecule has 33 heavy (non-hydrogen) atoms. The normalized spacial score (nSPS) is 12.2. The van der Waals surface area contributed by atoms with E-state index >= 15 is 0 Å². The van der Waals surface area contributed by atoms with Gasteiger partial charge in [0.05, 0.1) is 32.7 Å². The number of hydrogen-bond donors (Lipinski definition) is 1. The number of sulfonamides is 1. The Morgan fingerprint density at radius 2 is 1.70 bits per heavy atom. The number of methoxy groups -OCH3 is 2. The molecule has 182 valence electrons. The van der Waals surface area contributed by atoms with Crippen molar-refractivity contribution in [2.75, 3.05) is 31.3 Å². The van der Waals surface area contributed by atoms with Crippen molar-refractivity contribution >= 4 is 21.6 Å². The molecule has 0 aliphatic heterocycles. The lowest BCUT2D eigenvalue weighted by Gasteiger charge is -2.23. The molecule has 2 aromatic carbocycles. The average molecular weight is 477 g/mol. The third kappa shape index (κ3) is 7.67. The Morgan fingerprint density at radius 1 is 1.03 bits per heavy atom. The highest BCUT2D eigenvalue weighted by Crippen LogP contribution is 2.33. The van der Waals surface area contributed by atoms with Gasteiger partial charge in [-0.1, -0.05) is 45.2 Å². The fraction of sp³-hybridized carbons (Fsp3) is 0.480. The van der Waals surface area contributed by atoms with Crippen molar-refractivity contribution in [1.82, 2.24) is 5.32 Å². The summed E-state index contributed by atoms with van der Waals surface area (Å²) in [4.78, 5) is 12.5. The molecular formula is C25H36N2O5S. The monoisotopic (exact) mass is 476 g/mol. The first-order chi connectivity index (χ1) is 15.7. The predicted octanol–water partition coefficient (Wildman–Crippen LogP) is 4.62. The van der Waals surface area contributed by atoms with Crippen LogP contribution in [0, 0.1) is 5.92 Å². The summed E-state index contributed by atoms with van der Waals surface area (Å²) in [7, 11) is -0.531. The minimum absolute atomic E-state index is 0.114. The Bertz CT molecular complexity index is 1010. The van der Waals surface area contributed by atoms with Crippen molar-refractivity contribution in [3.05, 3.63) is 53.6 Å². The maximum Gasteiger partial charge on any atom is 0.251 e. The molecule has 1 amide bonds. The number of amides is 1. The fourth-order valence-electron chi connectivity index (χ4n) is 3.59. The van der Waals surface area contributed by atoms with Gasteiger partial charge in [-0.15, -0.1) is 0 Å². The van der Waals surface area contributed by atoms with Gasteiger partial charge in [0, 0.05) is 18.2 Å². The summed E-state index contributed by atoms with van der Waals surface area (Å²) in [5.74, 6) is 1.33. The van der Waals surface area contributed by atoms with Gasteiger partial charge in [-0.3, -0.25) is 9.10 Å². The van der Waals surface area contributed by atoms with E-state index < -0.39 is 10.0 Å². The van der Waals surface area contributed by atoms with Crippen LogP contribution in [-0.2, 0) is 16.6 Å². The van der Waals surface area contributed by atoms with Crippen molar-refractivity contribution in [3.63, 3.8) is 0 Å². The molecule has 2 rings (SSSR count). The van der Waals surface area contributed by atoms with E-state index in [9.17, 15) is 13.2 Å².